The van der Waals surface area contributed by atoms with Crippen molar-refractivity contribution in [2.24, 2.45) is 5.41 Å². The Morgan fingerprint density at radius 3 is 2.38 bits per heavy atom. The van der Waals surface area contributed by atoms with Gasteiger partial charge in [-0.05, 0) is 44.7 Å². The van der Waals surface area contributed by atoms with Gasteiger partial charge in [0.2, 0.25) is 5.91 Å². The lowest BCUT2D eigenvalue weighted by atomic mass is 10.0. The summed E-state index contributed by atoms with van der Waals surface area (Å²) in [4.78, 5) is 25.6. The molecule has 1 amide bonds. The second-order valence-electron chi connectivity index (χ2n) is 7.92. The summed E-state index contributed by atoms with van der Waals surface area (Å²) in [5.41, 5.74) is 2.37. The zero-order valence-electron chi connectivity index (χ0n) is 17.0. The van der Waals surface area contributed by atoms with E-state index in [1.54, 1.807) is 20.8 Å². The van der Waals surface area contributed by atoms with Gasteiger partial charge in [-0.25, -0.2) is 4.79 Å². The van der Waals surface area contributed by atoms with Crippen LogP contribution in [0.3, 0.4) is 0 Å². The molecular formula is C22H25Cl2NO3S. The highest BCUT2D eigenvalue weighted by molar-refractivity contribution is 7.15. The Balaban J connectivity index is 1.95. The lowest BCUT2D eigenvalue weighted by Crippen LogP contribution is -2.26. The minimum absolute atomic E-state index is 0.273. The first-order chi connectivity index (χ1) is 13.6. The van der Waals surface area contributed by atoms with Crippen molar-refractivity contribution in [1.82, 2.24) is 0 Å². The number of carbonyl (C=O) groups is 2. The van der Waals surface area contributed by atoms with Gasteiger partial charge >= 0.3 is 5.97 Å². The number of benzene rings is 1. The Labute approximate surface area is 185 Å². The maximum atomic E-state index is 12.9. The van der Waals surface area contributed by atoms with Crippen molar-refractivity contribution in [3.63, 3.8) is 0 Å². The SMILES string of the molecule is CCCc1ccc(-c2csc(NC(=O)[C@@]3(C)CC3(Cl)Cl)c2C(=O)OC(C)C)cc1. The second-order valence-corrected chi connectivity index (χ2v) is 10.3. The van der Waals surface area contributed by atoms with Crippen LogP contribution in [-0.2, 0) is 16.0 Å². The molecule has 0 unspecified atom stereocenters. The van der Waals surface area contributed by atoms with E-state index in [0.717, 1.165) is 24.0 Å². The van der Waals surface area contributed by atoms with Crippen LogP contribution in [0.25, 0.3) is 11.1 Å². The number of ether oxygens (including phenoxy) is 1. The Morgan fingerprint density at radius 2 is 1.86 bits per heavy atom. The van der Waals surface area contributed by atoms with Crippen LogP contribution >= 0.6 is 34.5 Å². The third-order valence-electron chi connectivity index (χ3n) is 5.13. The summed E-state index contributed by atoms with van der Waals surface area (Å²) in [6.07, 6.45) is 2.18. The highest BCUT2D eigenvalue weighted by Crippen LogP contribution is 2.64. The highest BCUT2D eigenvalue weighted by atomic mass is 35.5. The highest BCUT2D eigenvalue weighted by Gasteiger charge is 2.68. The zero-order chi connectivity index (χ0) is 21.4. The average Bonchev–Trinajstić information content (AvgIpc) is 2.98. The number of alkyl halides is 2. The van der Waals surface area contributed by atoms with Crippen molar-refractivity contribution < 1.29 is 14.3 Å². The van der Waals surface area contributed by atoms with Crippen LogP contribution < -0.4 is 5.32 Å². The van der Waals surface area contributed by atoms with Crippen LogP contribution in [0.1, 0.15) is 56.5 Å². The van der Waals surface area contributed by atoms with Crippen molar-refractivity contribution in [2.45, 2.75) is 57.4 Å². The predicted molar refractivity (Wildman–Crippen MR) is 120 cm³/mol. The van der Waals surface area contributed by atoms with Crippen molar-refractivity contribution >= 4 is 51.4 Å². The van der Waals surface area contributed by atoms with Crippen LogP contribution in [0.4, 0.5) is 5.00 Å². The van der Waals surface area contributed by atoms with E-state index in [-0.39, 0.29) is 12.0 Å². The number of hydrogen-bond donors (Lipinski definition) is 1. The molecule has 1 aromatic carbocycles. The van der Waals surface area contributed by atoms with Crippen LogP contribution in [-0.4, -0.2) is 22.3 Å². The molecule has 1 saturated carbocycles. The fourth-order valence-corrected chi connectivity index (χ4v) is 4.82. The molecule has 1 heterocycles. The van der Waals surface area contributed by atoms with E-state index in [2.05, 4.69) is 24.4 Å². The van der Waals surface area contributed by atoms with Gasteiger partial charge in [0, 0.05) is 10.9 Å². The molecule has 1 aromatic heterocycles. The average molecular weight is 454 g/mol. The summed E-state index contributed by atoms with van der Waals surface area (Å²) in [7, 11) is 0. The molecule has 1 aliphatic carbocycles. The summed E-state index contributed by atoms with van der Waals surface area (Å²) in [6, 6.07) is 8.12. The van der Waals surface area contributed by atoms with Gasteiger partial charge in [0.1, 0.15) is 14.9 Å². The minimum Gasteiger partial charge on any atom is -0.459 e. The lowest BCUT2D eigenvalue weighted by Gasteiger charge is -2.14. The van der Waals surface area contributed by atoms with Gasteiger partial charge < -0.3 is 10.1 Å². The number of aryl methyl sites for hydroxylation is 1. The van der Waals surface area contributed by atoms with Gasteiger partial charge in [0.05, 0.1) is 11.5 Å². The number of anilines is 1. The Morgan fingerprint density at radius 1 is 1.24 bits per heavy atom. The first-order valence-electron chi connectivity index (χ1n) is 9.70. The van der Waals surface area contributed by atoms with E-state index in [0.29, 0.717) is 17.0 Å². The molecule has 2 aromatic rings. The Bertz CT molecular complexity index is 921. The van der Waals surface area contributed by atoms with Gasteiger partial charge in [-0.2, -0.15) is 0 Å². The number of thiophene rings is 1. The molecule has 1 fully saturated rings. The molecule has 7 heteroatoms. The minimum atomic E-state index is -1.08. The van der Waals surface area contributed by atoms with E-state index in [9.17, 15) is 9.59 Å². The third-order valence-corrected chi connectivity index (χ3v) is 7.12. The molecule has 0 saturated heterocycles. The van der Waals surface area contributed by atoms with Crippen LogP contribution in [0.5, 0.6) is 0 Å². The fraction of sp³-hybridized carbons (Fsp3) is 0.455. The second kappa shape index (κ2) is 8.29. The van der Waals surface area contributed by atoms with Gasteiger partial charge in [-0.3, -0.25) is 4.79 Å². The summed E-state index contributed by atoms with van der Waals surface area (Å²) in [5, 5.41) is 5.17. The van der Waals surface area contributed by atoms with Crippen molar-refractivity contribution in [1.29, 1.82) is 0 Å². The molecule has 156 valence electrons. The molecule has 0 radical (unpaired) electrons. The Kier molecular flexibility index (Phi) is 6.32. The number of rotatable bonds is 7. The molecular weight excluding hydrogens is 429 g/mol. The van der Waals surface area contributed by atoms with Crippen molar-refractivity contribution in [3.05, 3.63) is 40.8 Å². The number of amides is 1. The molecule has 1 aliphatic rings. The zero-order valence-corrected chi connectivity index (χ0v) is 19.3. The van der Waals surface area contributed by atoms with E-state index in [1.807, 2.05) is 17.5 Å². The van der Waals surface area contributed by atoms with Gasteiger partial charge in [0.15, 0.2) is 0 Å². The molecule has 29 heavy (non-hydrogen) atoms. The van der Waals surface area contributed by atoms with E-state index in [1.165, 1.54) is 16.9 Å². The number of hydrogen-bond acceptors (Lipinski definition) is 4. The number of halogens is 2. The third kappa shape index (κ3) is 4.47. The molecule has 0 spiro atoms. The monoisotopic (exact) mass is 453 g/mol. The number of nitrogens with one attached hydrogen (secondary N) is 1. The van der Waals surface area contributed by atoms with Crippen molar-refractivity contribution in [2.75, 3.05) is 5.32 Å². The maximum absolute atomic E-state index is 12.9. The number of esters is 1. The first-order valence-corrected chi connectivity index (χ1v) is 11.3. The number of carbonyl (C=O) groups excluding carboxylic acids is 2. The lowest BCUT2D eigenvalue weighted by molar-refractivity contribution is -0.120. The largest absolute Gasteiger partial charge is 0.459 e. The molecule has 0 aliphatic heterocycles. The Hall–Kier alpha value is -1.56. The molecule has 1 N–H and O–H groups in total. The standard InChI is InChI=1S/C22H25Cl2NO3S/c1-5-6-14-7-9-15(10-8-14)16-11-29-18(17(16)19(26)28-13(2)3)25-20(27)21(4)12-22(21,23)24/h7-11,13H,5-6,12H2,1-4H3,(H,25,27)/t21-/m1/s1. The molecule has 0 bridgehead atoms. The maximum Gasteiger partial charge on any atom is 0.342 e. The summed E-state index contributed by atoms with van der Waals surface area (Å²) in [5.74, 6) is -0.763. The van der Waals surface area contributed by atoms with E-state index in [4.69, 9.17) is 27.9 Å². The van der Waals surface area contributed by atoms with E-state index >= 15 is 0 Å². The van der Waals surface area contributed by atoms with Crippen molar-refractivity contribution in [3.8, 4) is 11.1 Å². The first kappa shape index (κ1) is 22.1. The van der Waals surface area contributed by atoms with Gasteiger partial charge in [-0.15, -0.1) is 34.5 Å². The van der Waals surface area contributed by atoms with Crippen LogP contribution in [0, 0.1) is 5.41 Å². The van der Waals surface area contributed by atoms with Crippen LogP contribution in [0.2, 0.25) is 0 Å². The summed E-state index contributed by atoms with van der Waals surface area (Å²) >= 11 is 13.6. The topological polar surface area (TPSA) is 55.4 Å². The quantitative estimate of drug-likeness (QED) is 0.386. The summed E-state index contributed by atoms with van der Waals surface area (Å²) < 4.78 is 4.37. The fourth-order valence-electron chi connectivity index (χ4n) is 3.16. The normalized spacial score (nSPS) is 19.8. The molecule has 4 nitrogen and oxygen atoms in total. The van der Waals surface area contributed by atoms with E-state index < -0.39 is 15.7 Å². The molecule has 3 rings (SSSR count). The molecule has 1 atom stereocenters. The summed E-state index contributed by atoms with van der Waals surface area (Å²) in [6.45, 7) is 7.44. The van der Waals surface area contributed by atoms with Gasteiger partial charge in [-0.1, -0.05) is 37.6 Å². The predicted octanol–water partition coefficient (Wildman–Crippen LogP) is 6.46. The van der Waals surface area contributed by atoms with Gasteiger partial charge in [0.25, 0.3) is 0 Å². The van der Waals surface area contributed by atoms with Crippen LogP contribution in [0.15, 0.2) is 29.6 Å². The smallest absolute Gasteiger partial charge is 0.342 e.